The fourth-order valence-corrected chi connectivity index (χ4v) is 2.55. The molecule has 1 saturated heterocycles. The number of nitrogens with zero attached hydrogens (tertiary/aromatic N) is 1. The first-order chi connectivity index (χ1) is 8.22. The van der Waals surface area contributed by atoms with Crippen LogP contribution in [-0.4, -0.2) is 22.8 Å². The summed E-state index contributed by atoms with van der Waals surface area (Å²) in [6, 6.07) is 7.99. The molecular weight excluding hydrogens is 214 g/mol. The second kappa shape index (κ2) is 3.79. The van der Waals surface area contributed by atoms with Crippen LogP contribution < -0.4 is 0 Å². The highest BCUT2D eigenvalue weighted by molar-refractivity contribution is 5.85. The van der Waals surface area contributed by atoms with Crippen LogP contribution in [0.3, 0.4) is 0 Å². The molecule has 0 radical (unpaired) electrons. The molecule has 1 fully saturated rings. The molecule has 1 aliphatic heterocycles. The van der Waals surface area contributed by atoms with Gasteiger partial charge in [-0.3, -0.25) is 4.98 Å². The van der Waals surface area contributed by atoms with Crippen LogP contribution in [0.2, 0.25) is 0 Å². The van der Waals surface area contributed by atoms with Gasteiger partial charge < -0.3 is 9.84 Å². The number of benzene rings is 1. The van der Waals surface area contributed by atoms with E-state index in [0.29, 0.717) is 13.0 Å². The molecule has 88 valence electrons. The van der Waals surface area contributed by atoms with Gasteiger partial charge in [-0.15, -0.1) is 0 Å². The van der Waals surface area contributed by atoms with Gasteiger partial charge in [0.2, 0.25) is 0 Å². The van der Waals surface area contributed by atoms with Crippen molar-refractivity contribution in [1.82, 2.24) is 4.98 Å². The van der Waals surface area contributed by atoms with Crippen LogP contribution in [0, 0.1) is 0 Å². The van der Waals surface area contributed by atoms with E-state index in [4.69, 9.17) is 4.74 Å². The summed E-state index contributed by atoms with van der Waals surface area (Å²) in [4.78, 5) is 4.22. The molecular formula is C14H15NO2. The molecule has 0 amide bonds. The van der Waals surface area contributed by atoms with Crippen molar-refractivity contribution in [1.29, 1.82) is 0 Å². The van der Waals surface area contributed by atoms with E-state index in [1.165, 1.54) is 0 Å². The zero-order chi connectivity index (χ0) is 11.9. The lowest BCUT2D eigenvalue weighted by molar-refractivity contribution is -0.0308. The molecule has 1 aromatic heterocycles. The monoisotopic (exact) mass is 229 g/mol. The Balaban J connectivity index is 2.24. The van der Waals surface area contributed by atoms with E-state index in [9.17, 15) is 5.11 Å². The summed E-state index contributed by atoms with van der Waals surface area (Å²) >= 11 is 0. The molecule has 2 heterocycles. The highest BCUT2D eigenvalue weighted by Crippen LogP contribution is 2.38. The molecule has 0 bridgehead atoms. The third kappa shape index (κ3) is 1.54. The van der Waals surface area contributed by atoms with Gasteiger partial charge in [0.05, 0.1) is 12.7 Å². The van der Waals surface area contributed by atoms with E-state index in [-0.39, 0.29) is 6.10 Å². The Hall–Kier alpha value is -1.45. The Morgan fingerprint density at radius 3 is 2.94 bits per heavy atom. The Labute approximate surface area is 100 Å². The maximum Gasteiger partial charge on any atom is 0.120 e. The largest absolute Gasteiger partial charge is 0.382 e. The summed E-state index contributed by atoms with van der Waals surface area (Å²) in [5.74, 6) is 0. The van der Waals surface area contributed by atoms with Crippen LogP contribution >= 0.6 is 0 Å². The lowest BCUT2D eigenvalue weighted by Gasteiger charge is -2.27. The number of ether oxygens (including phenoxy) is 1. The van der Waals surface area contributed by atoms with Crippen LogP contribution in [0.1, 0.15) is 18.9 Å². The fourth-order valence-electron chi connectivity index (χ4n) is 2.55. The summed E-state index contributed by atoms with van der Waals surface area (Å²) in [5, 5.41) is 12.9. The minimum absolute atomic E-state index is 0.185. The quantitative estimate of drug-likeness (QED) is 0.815. The number of rotatable bonds is 1. The number of aromatic nitrogens is 1. The van der Waals surface area contributed by atoms with E-state index >= 15 is 0 Å². The van der Waals surface area contributed by atoms with E-state index in [1.54, 1.807) is 6.20 Å². The molecule has 0 aliphatic carbocycles. The standard InChI is InChI=1S/C14H15NO2/c1-10-14(16,6-7-17-10)13-9-15-8-11-4-2-3-5-12(11)13/h2-5,8-10,16H,6-7H2,1H3. The van der Waals surface area contributed by atoms with E-state index in [0.717, 1.165) is 16.3 Å². The first kappa shape index (κ1) is 10.7. The first-order valence-corrected chi connectivity index (χ1v) is 5.89. The molecule has 17 heavy (non-hydrogen) atoms. The summed E-state index contributed by atoms with van der Waals surface area (Å²) in [5.41, 5.74) is -0.0333. The molecule has 1 aromatic carbocycles. The maximum absolute atomic E-state index is 10.8. The predicted molar refractivity (Wildman–Crippen MR) is 65.7 cm³/mol. The van der Waals surface area contributed by atoms with Crippen LogP contribution in [0.25, 0.3) is 10.8 Å². The number of hydrogen-bond acceptors (Lipinski definition) is 3. The molecule has 2 aromatic rings. The molecule has 3 heteroatoms. The van der Waals surface area contributed by atoms with Gasteiger partial charge in [0.1, 0.15) is 5.60 Å². The third-order valence-electron chi connectivity index (χ3n) is 3.66. The van der Waals surface area contributed by atoms with Crippen molar-refractivity contribution >= 4 is 10.8 Å². The van der Waals surface area contributed by atoms with Crippen LogP contribution in [0.15, 0.2) is 36.7 Å². The number of hydrogen-bond donors (Lipinski definition) is 1. The minimum Gasteiger partial charge on any atom is -0.382 e. The lowest BCUT2D eigenvalue weighted by atomic mass is 9.86. The Bertz CT molecular complexity index is 549. The van der Waals surface area contributed by atoms with Crippen molar-refractivity contribution in [3.63, 3.8) is 0 Å². The third-order valence-corrected chi connectivity index (χ3v) is 3.66. The molecule has 0 saturated carbocycles. The van der Waals surface area contributed by atoms with Crippen LogP contribution in [0.4, 0.5) is 0 Å². The van der Waals surface area contributed by atoms with Crippen molar-refractivity contribution in [2.75, 3.05) is 6.61 Å². The maximum atomic E-state index is 10.8. The second-order valence-electron chi connectivity index (χ2n) is 4.60. The second-order valence-corrected chi connectivity index (χ2v) is 4.60. The Morgan fingerprint density at radius 2 is 2.18 bits per heavy atom. The summed E-state index contributed by atoms with van der Waals surface area (Å²) in [7, 11) is 0. The van der Waals surface area contributed by atoms with Gasteiger partial charge in [0.25, 0.3) is 0 Å². The average Bonchev–Trinajstić information content (AvgIpc) is 2.70. The van der Waals surface area contributed by atoms with Gasteiger partial charge in [-0.1, -0.05) is 24.3 Å². The SMILES string of the molecule is CC1OCCC1(O)c1cncc2ccccc12. The number of aliphatic hydroxyl groups is 1. The van der Waals surface area contributed by atoms with Crippen molar-refractivity contribution in [2.24, 2.45) is 0 Å². The zero-order valence-electron chi connectivity index (χ0n) is 9.76. The molecule has 2 unspecified atom stereocenters. The predicted octanol–water partition coefficient (Wildman–Crippen LogP) is 2.23. The molecule has 0 spiro atoms. The highest BCUT2D eigenvalue weighted by Gasteiger charge is 2.42. The topological polar surface area (TPSA) is 42.4 Å². The number of pyridine rings is 1. The highest BCUT2D eigenvalue weighted by atomic mass is 16.5. The molecule has 1 aliphatic rings. The molecule has 1 N–H and O–H groups in total. The molecule has 3 nitrogen and oxygen atoms in total. The Morgan fingerprint density at radius 1 is 1.35 bits per heavy atom. The molecule has 2 atom stereocenters. The summed E-state index contributed by atoms with van der Waals surface area (Å²) < 4.78 is 5.49. The molecule has 3 rings (SSSR count). The summed E-state index contributed by atoms with van der Waals surface area (Å²) in [6.07, 6.45) is 4.02. The van der Waals surface area contributed by atoms with Crippen molar-refractivity contribution < 1.29 is 9.84 Å². The van der Waals surface area contributed by atoms with Crippen LogP contribution in [0.5, 0.6) is 0 Å². The van der Waals surface area contributed by atoms with Crippen molar-refractivity contribution in [3.05, 3.63) is 42.2 Å². The minimum atomic E-state index is -0.909. The van der Waals surface area contributed by atoms with Gasteiger partial charge in [-0.25, -0.2) is 0 Å². The normalized spacial score (nSPS) is 28.7. The van der Waals surface area contributed by atoms with Gasteiger partial charge in [-0.05, 0) is 12.3 Å². The van der Waals surface area contributed by atoms with E-state index in [1.807, 2.05) is 37.4 Å². The number of fused-ring (bicyclic) bond motifs is 1. The average molecular weight is 229 g/mol. The van der Waals surface area contributed by atoms with E-state index < -0.39 is 5.60 Å². The van der Waals surface area contributed by atoms with Gasteiger partial charge in [-0.2, -0.15) is 0 Å². The van der Waals surface area contributed by atoms with E-state index in [2.05, 4.69) is 4.98 Å². The zero-order valence-corrected chi connectivity index (χ0v) is 9.76. The summed E-state index contributed by atoms with van der Waals surface area (Å²) in [6.45, 7) is 2.51. The van der Waals surface area contributed by atoms with Gasteiger partial charge >= 0.3 is 0 Å². The van der Waals surface area contributed by atoms with Crippen LogP contribution in [-0.2, 0) is 10.3 Å². The first-order valence-electron chi connectivity index (χ1n) is 5.89. The fraction of sp³-hybridized carbons (Fsp3) is 0.357. The Kier molecular flexibility index (Phi) is 2.38. The smallest absolute Gasteiger partial charge is 0.120 e. The van der Waals surface area contributed by atoms with Crippen molar-refractivity contribution in [3.8, 4) is 0 Å². The van der Waals surface area contributed by atoms with Gasteiger partial charge in [0.15, 0.2) is 0 Å². The van der Waals surface area contributed by atoms with Crippen molar-refractivity contribution in [2.45, 2.75) is 25.0 Å². The van der Waals surface area contributed by atoms with Gasteiger partial charge in [0, 0.05) is 29.8 Å². The lowest BCUT2D eigenvalue weighted by Crippen LogP contribution is -2.33.